The number of ether oxygens (including phenoxy) is 1. The van der Waals surface area contributed by atoms with Crippen molar-refractivity contribution in [3.8, 4) is 0 Å². The lowest BCUT2D eigenvalue weighted by Gasteiger charge is -2.28. The SMILES string of the molecule is CC(C)(C)OC(=O)N1CCC[C@H]1Cc1ccc(Cl)s1. The van der Waals surface area contributed by atoms with Gasteiger partial charge in [0.2, 0.25) is 0 Å². The standard InChI is InChI=1S/C14H20ClNO2S/c1-14(2,3)18-13(17)16-8-4-5-10(16)9-11-6-7-12(15)19-11/h6-7,10H,4-5,8-9H2,1-3H3/t10-/m0/s1. The van der Waals surface area contributed by atoms with Gasteiger partial charge in [0.25, 0.3) is 0 Å². The zero-order valence-electron chi connectivity index (χ0n) is 11.6. The van der Waals surface area contributed by atoms with Gasteiger partial charge in [-0.1, -0.05) is 11.6 Å². The Labute approximate surface area is 123 Å². The topological polar surface area (TPSA) is 29.5 Å². The van der Waals surface area contributed by atoms with Gasteiger partial charge in [0.15, 0.2) is 0 Å². The van der Waals surface area contributed by atoms with Crippen molar-refractivity contribution in [2.75, 3.05) is 6.54 Å². The number of carbonyl (C=O) groups is 1. The summed E-state index contributed by atoms with van der Waals surface area (Å²) in [5, 5.41) is 0. The van der Waals surface area contributed by atoms with E-state index in [0.29, 0.717) is 0 Å². The van der Waals surface area contributed by atoms with E-state index < -0.39 is 5.60 Å². The van der Waals surface area contributed by atoms with Crippen LogP contribution < -0.4 is 0 Å². The van der Waals surface area contributed by atoms with E-state index in [4.69, 9.17) is 16.3 Å². The molecule has 1 aromatic rings. The van der Waals surface area contributed by atoms with Crippen LogP contribution in [0.4, 0.5) is 4.79 Å². The lowest BCUT2D eigenvalue weighted by Crippen LogP contribution is -2.40. The lowest BCUT2D eigenvalue weighted by atomic mass is 10.1. The van der Waals surface area contributed by atoms with Crippen LogP contribution in [0.1, 0.15) is 38.5 Å². The van der Waals surface area contributed by atoms with E-state index in [9.17, 15) is 4.79 Å². The Morgan fingerprint density at radius 2 is 2.26 bits per heavy atom. The predicted octanol–water partition coefficient (Wildman–Crippen LogP) is 4.34. The molecule has 1 aliphatic heterocycles. The molecular weight excluding hydrogens is 282 g/mol. The second kappa shape index (κ2) is 5.71. The van der Waals surface area contributed by atoms with Gasteiger partial charge < -0.3 is 9.64 Å². The van der Waals surface area contributed by atoms with Crippen molar-refractivity contribution in [2.24, 2.45) is 0 Å². The summed E-state index contributed by atoms with van der Waals surface area (Å²) in [6.07, 6.45) is 2.76. The summed E-state index contributed by atoms with van der Waals surface area (Å²) >= 11 is 7.53. The Kier molecular flexibility index (Phi) is 4.41. The summed E-state index contributed by atoms with van der Waals surface area (Å²) in [5.41, 5.74) is -0.434. The number of amides is 1. The molecule has 1 aliphatic rings. The molecule has 106 valence electrons. The van der Waals surface area contributed by atoms with Crippen LogP contribution in [0.3, 0.4) is 0 Å². The van der Waals surface area contributed by atoms with Crippen molar-refractivity contribution >= 4 is 29.0 Å². The van der Waals surface area contributed by atoms with Crippen LogP contribution in [0.15, 0.2) is 12.1 Å². The number of thiophene rings is 1. The molecule has 2 rings (SSSR count). The number of hydrogen-bond donors (Lipinski definition) is 0. The number of hydrogen-bond acceptors (Lipinski definition) is 3. The molecule has 0 N–H and O–H groups in total. The molecule has 0 aromatic carbocycles. The molecule has 1 saturated heterocycles. The monoisotopic (exact) mass is 301 g/mol. The smallest absolute Gasteiger partial charge is 0.410 e. The normalized spacial score (nSPS) is 19.8. The molecule has 1 atom stereocenters. The van der Waals surface area contributed by atoms with Gasteiger partial charge in [0.05, 0.1) is 4.34 Å². The van der Waals surface area contributed by atoms with Gasteiger partial charge in [0.1, 0.15) is 5.60 Å². The quantitative estimate of drug-likeness (QED) is 0.813. The van der Waals surface area contributed by atoms with Crippen LogP contribution in [-0.4, -0.2) is 29.2 Å². The van der Waals surface area contributed by atoms with Gasteiger partial charge in [-0.15, -0.1) is 11.3 Å². The summed E-state index contributed by atoms with van der Waals surface area (Å²) in [6.45, 7) is 6.48. The number of rotatable bonds is 2. The fraction of sp³-hybridized carbons (Fsp3) is 0.643. The molecule has 1 amide bonds. The maximum absolute atomic E-state index is 12.1. The van der Waals surface area contributed by atoms with E-state index in [1.807, 2.05) is 37.8 Å². The third-order valence-corrected chi connectivity index (χ3v) is 4.32. The average molecular weight is 302 g/mol. The van der Waals surface area contributed by atoms with E-state index in [1.165, 1.54) is 4.88 Å². The van der Waals surface area contributed by atoms with Crippen molar-refractivity contribution in [2.45, 2.75) is 51.7 Å². The molecular formula is C14H20ClNO2S. The fourth-order valence-corrected chi connectivity index (χ4v) is 3.46. The van der Waals surface area contributed by atoms with E-state index >= 15 is 0 Å². The second-order valence-electron chi connectivity index (χ2n) is 5.88. The van der Waals surface area contributed by atoms with Crippen LogP contribution >= 0.6 is 22.9 Å². The zero-order chi connectivity index (χ0) is 14.0. The van der Waals surface area contributed by atoms with E-state index in [-0.39, 0.29) is 12.1 Å². The van der Waals surface area contributed by atoms with Crippen molar-refractivity contribution < 1.29 is 9.53 Å². The third kappa shape index (κ3) is 4.11. The highest BCUT2D eigenvalue weighted by Crippen LogP contribution is 2.28. The molecule has 0 radical (unpaired) electrons. The van der Waals surface area contributed by atoms with Gasteiger partial charge in [0, 0.05) is 23.9 Å². The minimum absolute atomic E-state index is 0.197. The second-order valence-corrected chi connectivity index (χ2v) is 7.68. The Bertz CT molecular complexity index is 453. The van der Waals surface area contributed by atoms with Crippen LogP contribution in [-0.2, 0) is 11.2 Å². The summed E-state index contributed by atoms with van der Waals surface area (Å²) in [6, 6.07) is 4.19. The summed E-state index contributed by atoms with van der Waals surface area (Å²) in [4.78, 5) is 15.2. The molecule has 5 heteroatoms. The van der Waals surface area contributed by atoms with Gasteiger partial charge >= 0.3 is 6.09 Å². The van der Waals surface area contributed by atoms with E-state index in [1.54, 1.807) is 11.3 Å². The average Bonchev–Trinajstić information content (AvgIpc) is 2.86. The molecule has 0 bridgehead atoms. The first-order chi connectivity index (χ1) is 8.85. The highest BCUT2D eigenvalue weighted by Gasteiger charge is 2.32. The van der Waals surface area contributed by atoms with Gasteiger partial charge in [-0.05, 0) is 45.7 Å². The largest absolute Gasteiger partial charge is 0.444 e. The van der Waals surface area contributed by atoms with Crippen molar-refractivity contribution in [1.29, 1.82) is 0 Å². The van der Waals surface area contributed by atoms with Crippen molar-refractivity contribution in [1.82, 2.24) is 4.90 Å². The third-order valence-electron chi connectivity index (χ3n) is 3.07. The van der Waals surface area contributed by atoms with Crippen molar-refractivity contribution in [3.63, 3.8) is 0 Å². The molecule has 1 aromatic heterocycles. The fourth-order valence-electron chi connectivity index (χ4n) is 2.30. The summed E-state index contributed by atoms with van der Waals surface area (Å²) in [7, 11) is 0. The Morgan fingerprint density at radius 3 is 2.84 bits per heavy atom. The highest BCUT2D eigenvalue weighted by molar-refractivity contribution is 7.16. The number of halogens is 1. The lowest BCUT2D eigenvalue weighted by molar-refractivity contribution is 0.0227. The van der Waals surface area contributed by atoms with Gasteiger partial charge in [-0.2, -0.15) is 0 Å². The van der Waals surface area contributed by atoms with Crippen LogP contribution in [0.5, 0.6) is 0 Å². The van der Waals surface area contributed by atoms with Gasteiger partial charge in [-0.3, -0.25) is 0 Å². The molecule has 19 heavy (non-hydrogen) atoms. The first-order valence-corrected chi connectivity index (χ1v) is 7.78. The molecule has 2 heterocycles. The molecule has 0 unspecified atom stereocenters. The maximum atomic E-state index is 12.1. The van der Waals surface area contributed by atoms with E-state index in [2.05, 4.69) is 0 Å². The maximum Gasteiger partial charge on any atom is 0.410 e. The number of likely N-dealkylation sites (tertiary alicyclic amines) is 1. The summed E-state index contributed by atoms with van der Waals surface area (Å²) in [5.74, 6) is 0. The Hall–Kier alpha value is -0.740. The minimum atomic E-state index is -0.434. The first kappa shape index (κ1) is 14.7. The first-order valence-electron chi connectivity index (χ1n) is 6.59. The molecule has 0 spiro atoms. The van der Waals surface area contributed by atoms with Gasteiger partial charge in [-0.25, -0.2) is 4.79 Å². The molecule has 3 nitrogen and oxygen atoms in total. The van der Waals surface area contributed by atoms with Crippen LogP contribution in [0.25, 0.3) is 0 Å². The number of nitrogens with zero attached hydrogens (tertiary/aromatic N) is 1. The molecule has 0 saturated carbocycles. The predicted molar refractivity (Wildman–Crippen MR) is 79.0 cm³/mol. The highest BCUT2D eigenvalue weighted by atomic mass is 35.5. The van der Waals surface area contributed by atoms with E-state index in [0.717, 1.165) is 30.1 Å². The molecule has 0 aliphatic carbocycles. The Balaban J connectivity index is 1.98. The number of carbonyl (C=O) groups excluding carboxylic acids is 1. The van der Waals surface area contributed by atoms with Crippen LogP contribution in [0.2, 0.25) is 4.34 Å². The Morgan fingerprint density at radius 1 is 1.53 bits per heavy atom. The minimum Gasteiger partial charge on any atom is -0.444 e. The molecule has 1 fully saturated rings. The summed E-state index contributed by atoms with van der Waals surface area (Å²) < 4.78 is 6.26. The van der Waals surface area contributed by atoms with Crippen molar-refractivity contribution in [3.05, 3.63) is 21.3 Å². The zero-order valence-corrected chi connectivity index (χ0v) is 13.2. The van der Waals surface area contributed by atoms with Crippen LogP contribution in [0, 0.1) is 0 Å².